The third kappa shape index (κ3) is 5.37. The van der Waals surface area contributed by atoms with Gasteiger partial charge in [-0.1, -0.05) is 54.2 Å². The molecule has 7 rings (SSSR count). The molecule has 2 aliphatic heterocycles. The fourth-order valence-electron chi connectivity index (χ4n) is 8.10. The van der Waals surface area contributed by atoms with Crippen LogP contribution < -0.4 is 14.9 Å². The zero-order chi connectivity index (χ0) is 31.2. The Morgan fingerprint density at radius 1 is 0.956 bits per heavy atom. The van der Waals surface area contributed by atoms with Crippen LogP contribution in [0.2, 0.25) is 0 Å². The van der Waals surface area contributed by atoms with Crippen molar-refractivity contribution >= 4 is 52.5 Å². The Hall–Kier alpha value is -3.90. The first-order valence-electron chi connectivity index (χ1n) is 15.3. The van der Waals surface area contributed by atoms with Gasteiger partial charge in [0.2, 0.25) is 11.8 Å². The molecule has 3 aromatic rings. The lowest BCUT2D eigenvalue weighted by Crippen LogP contribution is -2.42. The number of aromatic nitrogens is 1. The maximum atomic E-state index is 13.8. The average Bonchev–Trinajstić information content (AvgIpc) is 3.76. The molecular weight excluding hydrogens is 615 g/mol. The quantitative estimate of drug-likeness (QED) is 0.203. The van der Waals surface area contributed by atoms with Gasteiger partial charge in [0.05, 0.1) is 16.9 Å². The van der Waals surface area contributed by atoms with Crippen LogP contribution in [-0.4, -0.2) is 57.1 Å². The number of carbonyl (C=O) groups is 4. The molecule has 6 unspecified atom stereocenters. The minimum absolute atomic E-state index is 0.00671. The molecule has 0 spiro atoms. The summed E-state index contributed by atoms with van der Waals surface area (Å²) in [7, 11) is 0. The zero-order valence-corrected chi connectivity index (χ0v) is 26.0. The molecule has 10 nitrogen and oxygen atoms in total. The van der Waals surface area contributed by atoms with E-state index in [1.165, 1.54) is 16.2 Å². The molecule has 234 valence electrons. The number of anilines is 1. The van der Waals surface area contributed by atoms with E-state index in [2.05, 4.69) is 10.3 Å². The third-order valence-electron chi connectivity index (χ3n) is 9.76. The number of amides is 3. The van der Waals surface area contributed by atoms with E-state index in [4.69, 9.17) is 9.84 Å². The van der Waals surface area contributed by atoms with E-state index < -0.39 is 11.9 Å². The van der Waals surface area contributed by atoms with Crippen LogP contribution in [0.3, 0.4) is 0 Å². The lowest BCUT2D eigenvalue weighted by atomic mass is 9.68. The summed E-state index contributed by atoms with van der Waals surface area (Å²) in [6, 6.07) is 16.8. The van der Waals surface area contributed by atoms with Crippen LogP contribution in [-0.2, 0) is 19.2 Å². The molecule has 12 heteroatoms. The molecule has 2 saturated carbocycles. The Kier molecular flexibility index (Phi) is 8.03. The van der Waals surface area contributed by atoms with Crippen LogP contribution in [0.15, 0.2) is 64.4 Å². The number of hydrogen-bond donors (Lipinski definition) is 3. The molecule has 7 atom stereocenters. The van der Waals surface area contributed by atoms with Crippen molar-refractivity contribution < 1.29 is 29.0 Å². The van der Waals surface area contributed by atoms with Gasteiger partial charge in [0.1, 0.15) is 5.75 Å². The Labute approximate surface area is 267 Å². The summed E-state index contributed by atoms with van der Waals surface area (Å²) in [5, 5.41) is 12.6. The molecule has 3 fully saturated rings. The predicted molar refractivity (Wildman–Crippen MR) is 168 cm³/mol. The highest BCUT2D eigenvalue weighted by atomic mass is 32.2. The monoisotopic (exact) mass is 647 g/mol. The van der Waals surface area contributed by atoms with E-state index in [1.807, 2.05) is 42.5 Å². The van der Waals surface area contributed by atoms with Gasteiger partial charge in [-0.15, -0.1) is 11.8 Å². The Bertz CT molecular complexity index is 1710. The summed E-state index contributed by atoms with van der Waals surface area (Å²) < 4.78 is 6.13. The molecule has 1 saturated heterocycles. The van der Waals surface area contributed by atoms with Crippen LogP contribution >= 0.6 is 23.1 Å². The van der Waals surface area contributed by atoms with Gasteiger partial charge in [-0.05, 0) is 55.2 Å². The molecule has 4 aliphatic rings. The zero-order valence-electron chi connectivity index (χ0n) is 24.3. The van der Waals surface area contributed by atoms with Crippen molar-refractivity contribution in [2.45, 2.75) is 48.3 Å². The number of fused-ring (bicyclic) bond motifs is 9. The number of likely N-dealkylation sites (tertiary alicyclic amines) is 1. The number of hydrogen-bond acceptors (Lipinski definition) is 8. The molecule has 2 aliphatic carbocycles. The molecule has 2 aromatic carbocycles. The number of carboxylic acid groups (broad SMARTS) is 1. The Balaban J connectivity index is 1.15. The first kappa shape index (κ1) is 29.8. The number of H-pyrrole nitrogens is 1. The summed E-state index contributed by atoms with van der Waals surface area (Å²) >= 11 is 2.81. The standard InChI is InChI=1S/C33H33N3O7S2/c37-22(34-17-9-3-1-4-10-17)16-43-21-12-7-6-11-18(21)24-25-19-15-20(28(25)44-30-29(24)45-33(42)35-30)27-26(19)31(40)36(32(27)41)14-8-2-5-13-23(38)39/h1,3-4,6-7,9-12,19-20,24-28H,2,5,8,13-16H2,(H,34,37)(H,35,42)(H,38,39)/t19?,20?,24-,25?,26?,27?,28?/m1/s1. The van der Waals surface area contributed by atoms with Crippen molar-refractivity contribution in [1.29, 1.82) is 0 Å². The van der Waals surface area contributed by atoms with E-state index in [1.54, 1.807) is 23.9 Å². The number of nitrogens with zero attached hydrogens (tertiary/aromatic N) is 1. The number of rotatable bonds is 11. The number of aliphatic carboxylic acids is 1. The summed E-state index contributed by atoms with van der Waals surface area (Å²) in [5.41, 5.74) is 1.54. The molecule has 0 radical (unpaired) electrons. The van der Waals surface area contributed by atoms with Gasteiger partial charge < -0.3 is 20.1 Å². The van der Waals surface area contributed by atoms with Crippen LogP contribution in [0.1, 0.15) is 48.5 Å². The first-order chi connectivity index (χ1) is 21.8. The van der Waals surface area contributed by atoms with E-state index in [0.29, 0.717) is 37.2 Å². The molecule has 1 aromatic heterocycles. The highest BCUT2D eigenvalue weighted by Crippen LogP contribution is 2.69. The molecule has 45 heavy (non-hydrogen) atoms. The predicted octanol–water partition coefficient (Wildman–Crippen LogP) is 4.57. The van der Waals surface area contributed by atoms with Crippen LogP contribution in [0.25, 0.3) is 0 Å². The topological polar surface area (TPSA) is 146 Å². The minimum Gasteiger partial charge on any atom is -0.483 e. The molecule has 2 bridgehead atoms. The van der Waals surface area contributed by atoms with Gasteiger partial charge in [0, 0.05) is 40.3 Å². The fraction of sp³-hybridized carbons (Fsp3) is 0.424. The first-order valence-corrected chi connectivity index (χ1v) is 17.0. The van der Waals surface area contributed by atoms with Gasteiger partial charge in [0.25, 0.3) is 5.91 Å². The smallest absolute Gasteiger partial charge is 0.305 e. The van der Waals surface area contributed by atoms with Crippen molar-refractivity contribution in [1.82, 2.24) is 9.88 Å². The minimum atomic E-state index is -0.846. The van der Waals surface area contributed by atoms with Crippen molar-refractivity contribution in [2.75, 3.05) is 18.5 Å². The van der Waals surface area contributed by atoms with E-state index >= 15 is 0 Å². The number of imide groups is 1. The summed E-state index contributed by atoms with van der Waals surface area (Å²) in [6.45, 7) is 0.126. The largest absolute Gasteiger partial charge is 0.483 e. The number of para-hydroxylation sites is 2. The Morgan fingerprint density at radius 3 is 2.47 bits per heavy atom. The third-order valence-corrected chi connectivity index (χ3v) is 12.3. The number of thioether (sulfide) groups is 1. The van der Waals surface area contributed by atoms with Crippen molar-refractivity contribution in [2.24, 2.45) is 29.6 Å². The van der Waals surface area contributed by atoms with Crippen LogP contribution in [0, 0.1) is 29.6 Å². The number of nitrogens with one attached hydrogen (secondary N) is 2. The summed E-state index contributed by atoms with van der Waals surface area (Å²) in [4.78, 5) is 68.9. The van der Waals surface area contributed by atoms with Crippen LogP contribution in [0.5, 0.6) is 5.75 Å². The molecular formula is C33H33N3O7S2. The number of carbonyl (C=O) groups excluding carboxylic acids is 3. The summed E-state index contributed by atoms with van der Waals surface area (Å²) in [5.74, 6) is -1.81. The lowest BCUT2D eigenvalue weighted by Gasteiger charge is -2.43. The second kappa shape index (κ2) is 12.1. The second-order valence-corrected chi connectivity index (χ2v) is 14.4. The van der Waals surface area contributed by atoms with Gasteiger partial charge in [-0.3, -0.25) is 28.9 Å². The van der Waals surface area contributed by atoms with Crippen molar-refractivity contribution in [3.05, 3.63) is 74.7 Å². The molecule has 3 N–H and O–H groups in total. The number of thiazole rings is 1. The number of carboxylic acids is 1. The van der Waals surface area contributed by atoms with E-state index in [9.17, 15) is 24.0 Å². The second-order valence-electron chi connectivity index (χ2n) is 12.2. The van der Waals surface area contributed by atoms with Gasteiger partial charge in [0.15, 0.2) is 6.61 Å². The average molecular weight is 648 g/mol. The highest BCUT2D eigenvalue weighted by molar-refractivity contribution is 8.00. The van der Waals surface area contributed by atoms with Crippen LogP contribution in [0.4, 0.5) is 5.69 Å². The van der Waals surface area contributed by atoms with Gasteiger partial charge in [-0.25, -0.2) is 0 Å². The molecule has 3 heterocycles. The highest BCUT2D eigenvalue weighted by Gasteiger charge is 2.69. The summed E-state index contributed by atoms with van der Waals surface area (Å²) in [6.07, 6.45) is 2.60. The number of unbranched alkanes of at least 4 members (excludes halogenated alkanes) is 2. The SMILES string of the molecule is O=C(O)CCCCCN1C(=O)C2C3CC(C2C1=O)C1C3Sc2[nH]c(=O)sc2[C@@H]1c1ccccc1OCC(=O)Nc1ccccc1. The fourth-order valence-corrected chi connectivity index (χ4v) is 11.0. The molecule has 3 amide bonds. The maximum absolute atomic E-state index is 13.8. The number of aromatic amines is 1. The lowest BCUT2D eigenvalue weighted by molar-refractivity contribution is -0.141. The van der Waals surface area contributed by atoms with Gasteiger partial charge in [-0.2, -0.15) is 0 Å². The van der Waals surface area contributed by atoms with E-state index in [-0.39, 0.29) is 70.5 Å². The normalized spacial score (nSPS) is 27.6. The van der Waals surface area contributed by atoms with Crippen molar-refractivity contribution in [3.63, 3.8) is 0 Å². The van der Waals surface area contributed by atoms with E-state index in [0.717, 1.165) is 21.9 Å². The van der Waals surface area contributed by atoms with Gasteiger partial charge >= 0.3 is 10.8 Å². The Morgan fingerprint density at radius 2 is 1.69 bits per heavy atom. The number of benzene rings is 2. The maximum Gasteiger partial charge on any atom is 0.305 e. The van der Waals surface area contributed by atoms with Crippen molar-refractivity contribution in [3.8, 4) is 5.75 Å². The number of ether oxygens (including phenoxy) is 1.